The second-order valence-corrected chi connectivity index (χ2v) is 10.6. The van der Waals surface area contributed by atoms with Gasteiger partial charge < -0.3 is 20.4 Å². The lowest BCUT2D eigenvalue weighted by molar-refractivity contribution is -0.126. The van der Waals surface area contributed by atoms with Crippen molar-refractivity contribution in [1.82, 2.24) is 15.1 Å². The number of hydrogen-bond acceptors (Lipinski definition) is 7. The molecule has 1 saturated heterocycles. The first-order valence-corrected chi connectivity index (χ1v) is 13.8. The minimum absolute atomic E-state index is 0.00753. The maximum atomic E-state index is 12.8. The molecule has 2 aromatic carbocycles. The number of hydrogen-bond donors (Lipinski definition) is 3. The molecule has 0 spiro atoms. The first-order valence-electron chi connectivity index (χ1n) is 13.8. The predicted molar refractivity (Wildman–Crippen MR) is 160 cm³/mol. The highest BCUT2D eigenvalue weighted by Gasteiger charge is 2.31. The van der Waals surface area contributed by atoms with Gasteiger partial charge in [0.15, 0.2) is 5.84 Å². The number of carbonyl (C=O) groups excluding carboxylic acids is 1. The molecule has 0 atom stereocenters. The van der Waals surface area contributed by atoms with Gasteiger partial charge in [0, 0.05) is 49.1 Å². The molecule has 1 amide bonds. The molecule has 8 nitrogen and oxygen atoms in total. The topological polar surface area (TPSA) is 96.2 Å². The maximum absolute atomic E-state index is 12.8. The fraction of sp³-hybridized carbons (Fsp3) is 0.419. The second-order valence-electron chi connectivity index (χ2n) is 10.6. The van der Waals surface area contributed by atoms with Gasteiger partial charge in [0.25, 0.3) is 0 Å². The lowest BCUT2D eigenvalue weighted by Crippen LogP contribution is -2.47. The van der Waals surface area contributed by atoms with Crippen LogP contribution in [-0.2, 0) is 11.3 Å². The summed E-state index contributed by atoms with van der Waals surface area (Å²) in [5, 5.41) is 24.2. The van der Waals surface area contributed by atoms with Crippen LogP contribution in [0.25, 0.3) is 0 Å². The summed E-state index contributed by atoms with van der Waals surface area (Å²) in [6, 6.07) is 18.6. The van der Waals surface area contributed by atoms with E-state index in [0.29, 0.717) is 31.2 Å². The molecule has 0 saturated carbocycles. The highest BCUT2D eigenvalue weighted by Crippen LogP contribution is 2.23. The van der Waals surface area contributed by atoms with Gasteiger partial charge in [0.05, 0.1) is 5.71 Å². The summed E-state index contributed by atoms with van der Waals surface area (Å²) >= 11 is 0. The number of amides is 1. The van der Waals surface area contributed by atoms with Crippen molar-refractivity contribution < 1.29 is 4.79 Å². The average Bonchev–Trinajstić information content (AvgIpc) is 2.93. The number of allylic oxidation sites excluding steroid dienone is 1. The minimum Gasteiger partial charge on any atom is -0.359 e. The SMILES string of the molecule is CC1=NN=C(N2CCC(C(=O)NCCCN(C)Cc3ccccc3)CC2)C(=N)/C1=C(/C)Nc1ccc(C)cc1. The van der Waals surface area contributed by atoms with Crippen LogP contribution in [0, 0.1) is 18.3 Å². The minimum atomic E-state index is -0.00753. The molecule has 0 radical (unpaired) electrons. The van der Waals surface area contributed by atoms with E-state index in [9.17, 15) is 4.79 Å². The van der Waals surface area contributed by atoms with Gasteiger partial charge in [-0.2, -0.15) is 5.10 Å². The Morgan fingerprint density at radius 3 is 2.44 bits per heavy atom. The van der Waals surface area contributed by atoms with Gasteiger partial charge in [-0.15, -0.1) is 5.10 Å². The number of likely N-dealkylation sites (tertiary alicyclic amines) is 1. The number of carbonyl (C=O) groups is 1. The predicted octanol–water partition coefficient (Wildman–Crippen LogP) is 4.84. The Balaban J connectivity index is 1.24. The molecule has 4 rings (SSSR count). The van der Waals surface area contributed by atoms with Crippen LogP contribution >= 0.6 is 0 Å². The third-order valence-corrected chi connectivity index (χ3v) is 7.36. The van der Waals surface area contributed by atoms with Crippen molar-refractivity contribution in [2.45, 2.75) is 46.6 Å². The van der Waals surface area contributed by atoms with E-state index in [0.717, 1.165) is 55.0 Å². The number of amidine groups is 1. The summed E-state index contributed by atoms with van der Waals surface area (Å²) in [6.07, 6.45) is 2.41. The molecular weight excluding hydrogens is 486 g/mol. The molecule has 2 heterocycles. The van der Waals surface area contributed by atoms with E-state index in [1.807, 2.05) is 32.0 Å². The van der Waals surface area contributed by atoms with Gasteiger partial charge in [-0.05, 0) is 71.3 Å². The van der Waals surface area contributed by atoms with Gasteiger partial charge in [-0.25, -0.2) is 0 Å². The fourth-order valence-corrected chi connectivity index (χ4v) is 5.14. The number of nitrogens with one attached hydrogen (secondary N) is 3. The summed E-state index contributed by atoms with van der Waals surface area (Å²) in [7, 11) is 2.11. The van der Waals surface area contributed by atoms with E-state index in [4.69, 9.17) is 5.41 Å². The van der Waals surface area contributed by atoms with Gasteiger partial charge in [-0.3, -0.25) is 10.2 Å². The molecule has 8 heteroatoms. The summed E-state index contributed by atoms with van der Waals surface area (Å²) in [4.78, 5) is 17.2. The van der Waals surface area contributed by atoms with Crippen molar-refractivity contribution in [1.29, 1.82) is 5.41 Å². The number of anilines is 1. The van der Waals surface area contributed by atoms with Gasteiger partial charge in [0.2, 0.25) is 5.91 Å². The number of rotatable bonds is 9. The maximum Gasteiger partial charge on any atom is 0.223 e. The van der Waals surface area contributed by atoms with Crippen molar-refractivity contribution in [3.63, 3.8) is 0 Å². The smallest absolute Gasteiger partial charge is 0.223 e. The molecule has 0 unspecified atom stereocenters. The number of benzene rings is 2. The largest absolute Gasteiger partial charge is 0.359 e. The number of aryl methyl sites for hydroxylation is 1. The molecular formula is C31H41N7O. The van der Waals surface area contributed by atoms with E-state index in [1.165, 1.54) is 11.1 Å². The van der Waals surface area contributed by atoms with E-state index >= 15 is 0 Å². The third-order valence-electron chi connectivity index (χ3n) is 7.36. The van der Waals surface area contributed by atoms with Crippen molar-refractivity contribution in [3.8, 4) is 0 Å². The van der Waals surface area contributed by atoms with E-state index < -0.39 is 0 Å². The molecule has 3 N–H and O–H groups in total. The second kappa shape index (κ2) is 13.3. The van der Waals surface area contributed by atoms with Crippen LogP contribution < -0.4 is 10.6 Å². The zero-order chi connectivity index (χ0) is 27.8. The zero-order valence-electron chi connectivity index (χ0n) is 23.6. The molecule has 39 heavy (non-hydrogen) atoms. The first kappa shape index (κ1) is 28.2. The van der Waals surface area contributed by atoms with Gasteiger partial charge in [-0.1, -0.05) is 48.0 Å². The summed E-state index contributed by atoms with van der Waals surface area (Å²) in [5.74, 6) is 0.710. The zero-order valence-corrected chi connectivity index (χ0v) is 23.6. The van der Waals surface area contributed by atoms with Gasteiger partial charge in [0.1, 0.15) is 5.71 Å². The Labute approximate surface area is 232 Å². The Bertz CT molecular complexity index is 1240. The van der Waals surface area contributed by atoms with Crippen molar-refractivity contribution in [2.75, 3.05) is 38.5 Å². The highest BCUT2D eigenvalue weighted by atomic mass is 16.1. The summed E-state index contributed by atoms with van der Waals surface area (Å²) < 4.78 is 0. The van der Waals surface area contributed by atoms with Crippen LogP contribution in [-0.4, -0.2) is 66.2 Å². The Morgan fingerprint density at radius 1 is 1.05 bits per heavy atom. The van der Waals surface area contributed by atoms with E-state index in [1.54, 1.807) is 0 Å². The van der Waals surface area contributed by atoms with E-state index in [-0.39, 0.29) is 11.8 Å². The molecule has 2 aliphatic rings. The molecule has 0 aliphatic carbocycles. The fourth-order valence-electron chi connectivity index (χ4n) is 5.14. The van der Waals surface area contributed by atoms with Gasteiger partial charge >= 0.3 is 0 Å². The van der Waals surface area contributed by atoms with Crippen LogP contribution in [0.2, 0.25) is 0 Å². The van der Waals surface area contributed by atoms with Crippen molar-refractivity contribution in [2.24, 2.45) is 16.1 Å². The molecule has 0 bridgehead atoms. The van der Waals surface area contributed by atoms with Crippen LogP contribution in [0.5, 0.6) is 0 Å². The lowest BCUT2D eigenvalue weighted by Gasteiger charge is -2.34. The number of nitrogens with zero attached hydrogens (tertiary/aromatic N) is 4. The summed E-state index contributed by atoms with van der Waals surface area (Å²) in [6.45, 7) is 9.83. The van der Waals surface area contributed by atoms with Crippen LogP contribution in [0.15, 0.2) is 76.1 Å². The van der Waals surface area contributed by atoms with Crippen molar-refractivity contribution >= 4 is 28.9 Å². The lowest BCUT2D eigenvalue weighted by atomic mass is 9.94. The highest BCUT2D eigenvalue weighted by molar-refractivity contribution is 6.53. The molecule has 1 fully saturated rings. The Kier molecular flexibility index (Phi) is 9.65. The van der Waals surface area contributed by atoms with Crippen molar-refractivity contribution in [3.05, 3.63) is 77.0 Å². The number of piperidine rings is 1. The van der Waals surface area contributed by atoms with Crippen LogP contribution in [0.3, 0.4) is 0 Å². The summed E-state index contributed by atoms with van der Waals surface area (Å²) in [5.41, 5.74) is 6.23. The first-order chi connectivity index (χ1) is 18.8. The average molecular weight is 528 g/mol. The van der Waals surface area contributed by atoms with E-state index in [2.05, 4.69) is 81.0 Å². The molecule has 206 valence electrons. The molecule has 2 aromatic rings. The standard InChI is InChI=1S/C31H41N7O/c1-22-11-13-27(14-12-22)34-23(2)28-24(3)35-36-30(29(28)32)38-19-15-26(16-20-38)31(39)33-17-8-18-37(4)21-25-9-6-5-7-10-25/h5-7,9-14,26,32,34H,8,15-21H2,1-4H3,(H,33,39)/b28-23-,32-29?. The third kappa shape index (κ3) is 7.63. The Morgan fingerprint density at radius 2 is 1.74 bits per heavy atom. The quantitative estimate of drug-likeness (QED) is 0.407. The normalized spacial score (nSPS) is 17.6. The monoisotopic (exact) mass is 527 g/mol. The van der Waals surface area contributed by atoms with Crippen LogP contribution in [0.4, 0.5) is 5.69 Å². The molecule has 0 aromatic heterocycles. The molecule has 2 aliphatic heterocycles. The Hall–Kier alpha value is -3.78. The van der Waals surface area contributed by atoms with Crippen LogP contribution in [0.1, 0.15) is 44.2 Å².